The number of benzene rings is 1. The van der Waals surface area contributed by atoms with Gasteiger partial charge in [0.25, 0.3) is 0 Å². The molecule has 0 aliphatic heterocycles. The van der Waals surface area contributed by atoms with Crippen molar-refractivity contribution in [2.45, 2.75) is 36.6 Å². The van der Waals surface area contributed by atoms with Crippen molar-refractivity contribution >= 4 is 16.0 Å². The van der Waals surface area contributed by atoms with Crippen molar-refractivity contribution in [3.8, 4) is 0 Å². The first-order valence-electron chi connectivity index (χ1n) is 7.26. The maximum Gasteiger partial charge on any atom is 0.303 e. The smallest absolute Gasteiger partial charge is 0.303 e. The maximum absolute atomic E-state index is 12.4. The van der Waals surface area contributed by atoms with Gasteiger partial charge in [0.2, 0.25) is 10.0 Å². The highest BCUT2D eigenvalue weighted by Gasteiger charge is 2.49. The Balaban J connectivity index is 1.81. The number of fused-ring (bicyclic) bond motifs is 2. The Morgan fingerprint density at radius 1 is 1.19 bits per heavy atom. The SMILES string of the molecule is O=C(O)CC1C2CCC(C2)C1NS(=O)(=O)c1ccccc1. The Bertz CT molecular complexity index is 628. The number of sulfonamides is 1. The zero-order chi connectivity index (χ0) is 15.0. The number of hydrogen-bond donors (Lipinski definition) is 2. The van der Waals surface area contributed by atoms with Gasteiger partial charge in [-0.3, -0.25) is 4.79 Å². The number of hydrogen-bond acceptors (Lipinski definition) is 3. The normalized spacial score (nSPS) is 31.4. The van der Waals surface area contributed by atoms with Crippen LogP contribution in [-0.4, -0.2) is 25.5 Å². The van der Waals surface area contributed by atoms with Crippen LogP contribution >= 0.6 is 0 Å². The monoisotopic (exact) mass is 309 g/mol. The van der Waals surface area contributed by atoms with Crippen LogP contribution in [0.2, 0.25) is 0 Å². The average Bonchev–Trinajstić information content (AvgIpc) is 3.02. The second-order valence-electron chi connectivity index (χ2n) is 6.06. The van der Waals surface area contributed by atoms with E-state index in [0.717, 1.165) is 19.3 Å². The van der Waals surface area contributed by atoms with Crippen LogP contribution in [0.3, 0.4) is 0 Å². The van der Waals surface area contributed by atoms with Gasteiger partial charge >= 0.3 is 5.97 Å². The van der Waals surface area contributed by atoms with E-state index in [0.29, 0.717) is 5.92 Å². The van der Waals surface area contributed by atoms with Crippen LogP contribution in [-0.2, 0) is 14.8 Å². The number of carboxylic acids is 1. The summed E-state index contributed by atoms with van der Waals surface area (Å²) in [6, 6.07) is 8.01. The quantitative estimate of drug-likeness (QED) is 0.869. The van der Waals surface area contributed by atoms with Crippen molar-refractivity contribution in [2.75, 3.05) is 0 Å². The van der Waals surface area contributed by atoms with Crippen molar-refractivity contribution in [3.63, 3.8) is 0 Å². The Morgan fingerprint density at radius 3 is 2.52 bits per heavy atom. The molecule has 6 heteroatoms. The molecule has 0 saturated heterocycles. The van der Waals surface area contributed by atoms with E-state index < -0.39 is 16.0 Å². The highest BCUT2D eigenvalue weighted by atomic mass is 32.2. The average molecular weight is 309 g/mol. The summed E-state index contributed by atoms with van der Waals surface area (Å²) in [5, 5.41) is 9.06. The summed E-state index contributed by atoms with van der Waals surface area (Å²) >= 11 is 0. The molecule has 21 heavy (non-hydrogen) atoms. The molecular weight excluding hydrogens is 290 g/mol. The van der Waals surface area contributed by atoms with Gasteiger partial charge in [-0.1, -0.05) is 18.2 Å². The molecule has 0 spiro atoms. The lowest BCUT2D eigenvalue weighted by Gasteiger charge is -2.30. The highest BCUT2D eigenvalue weighted by molar-refractivity contribution is 7.89. The van der Waals surface area contributed by atoms with Crippen molar-refractivity contribution in [1.29, 1.82) is 0 Å². The number of carbonyl (C=O) groups is 1. The first-order valence-corrected chi connectivity index (χ1v) is 8.75. The Kier molecular flexibility index (Phi) is 3.75. The third-order valence-electron chi connectivity index (χ3n) is 4.84. The first-order chi connectivity index (χ1) is 9.97. The molecule has 114 valence electrons. The minimum absolute atomic E-state index is 0.0448. The lowest BCUT2D eigenvalue weighted by Crippen LogP contribution is -2.44. The summed E-state index contributed by atoms with van der Waals surface area (Å²) in [4.78, 5) is 11.3. The van der Waals surface area contributed by atoms with Crippen molar-refractivity contribution in [1.82, 2.24) is 4.72 Å². The summed E-state index contributed by atoms with van der Waals surface area (Å²) in [6.07, 6.45) is 3.00. The van der Waals surface area contributed by atoms with Gasteiger partial charge in [-0.25, -0.2) is 13.1 Å². The topological polar surface area (TPSA) is 83.5 Å². The number of rotatable bonds is 5. The molecule has 0 radical (unpaired) electrons. The first kappa shape index (κ1) is 14.5. The van der Waals surface area contributed by atoms with Crippen LogP contribution in [0, 0.1) is 17.8 Å². The predicted molar refractivity (Wildman–Crippen MR) is 77.1 cm³/mol. The van der Waals surface area contributed by atoms with E-state index in [-0.39, 0.29) is 29.2 Å². The molecule has 3 rings (SSSR count). The van der Waals surface area contributed by atoms with Crippen LogP contribution in [0.5, 0.6) is 0 Å². The van der Waals surface area contributed by atoms with Gasteiger partial charge in [0.05, 0.1) is 4.90 Å². The van der Waals surface area contributed by atoms with Gasteiger partial charge in [-0.05, 0) is 49.1 Å². The number of nitrogens with one attached hydrogen (secondary N) is 1. The van der Waals surface area contributed by atoms with E-state index in [1.54, 1.807) is 30.3 Å². The molecule has 2 bridgehead atoms. The van der Waals surface area contributed by atoms with Gasteiger partial charge in [0, 0.05) is 12.5 Å². The number of carboxylic acid groups (broad SMARTS) is 1. The number of aliphatic carboxylic acids is 1. The predicted octanol–water partition coefficient (Wildman–Crippen LogP) is 1.85. The molecule has 4 unspecified atom stereocenters. The molecule has 5 nitrogen and oxygen atoms in total. The summed E-state index contributed by atoms with van der Waals surface area (Å²) in [5.41, 5.74) is 0. The van der Waals surface area contributed by atoms with Gasteiger partial charge in [-0.15, -0.1) is 0 Å². The fourth-order valence-corrected chi connectivity index (χ4v) is 5.31. The molecule has 2 aliphatic carbocycles. The minimum Gasteiger partial charge on any atom is -0.481 e. The van der Waals surface area contributed by atoms with Crippen molar-refractivity contribution in [2.24, 2.45) is 17.8 Å². The second-order valence-corrected chi connectivity index (χ2v) is 7.77. The molecule has 1 aromatic rings. The van der Waals surface area contributed by atoms with Crippen molar-refractivity contribution in [3.05, 3.63) is 30.3 Å². The summed E-state index contributed by atoms with van der Waals surface area (Å²) < 4.78 is 27.6. The van der Waals surface area contributed by atoms with E-state index in [4.69, 9.17) is 5.11 Å². The van der Waals surface area contributed by atoms with Crippen LogP contribution in [0.15, 0.2) is 35.2 Å². The lowest BCUT2D eigenvalue weighted by atomic mass is 9.83. The van der Waals surface area contributed by atoms with E-state index in [2.05, 4.69) is 4.72 Å². The molecule has 0 aromatic heterocycles. The second kappa shape index (κ2) is 5.42. The zero-order valence-electron chi connectivity index (χ0n) is 11.6. The Labute approximate surface area is 124 Å². The molecular formula is C15H19NO4S. The zero-order valence-corrected chi connectivity index (χ0v) is 12.4. The summed E-state index contributed by atoms with van der Waals surface area (Å²) in [5.74, 6) is -0.316. The van der Waals surface area contributed by atoms with Crippen LogP contribution in [0.25, 0.3) is 0 Å². The van der Waals surface area contributed by atoms with E-state index in [1.807, 2.05) is 0 Å². The molecule has 2 fully saturated rings. The molecule has 0 heterocycles. The van der Waals surface area contributed by atoms with E-state index in [1.165, 1.54) is 0 Å². The maximum atomic E-state index is 12.4. The third-order valence-corrected chi connectivity index (χ3v) is 6.32. The van der Waals surface area contributed by atoms with Gasteiger partial charge in [-0.2, -0.15) is 0 Å². The van der Waals surface area contributed by atoms with Crippen molar-refractivity contribution < 1.29 is 18.3 Å². The summed E-state index contributed by atoms with van der Waals surface area (Å²) in [6.45, 7) is 0. The molecule has 0 amide bonds. The van der Waals surface area contributed by atoms with Gasteiger partial charge < -0.3 is 5.11 Å². The molecule has 2 N–H and O–H groups in total. The fraction of sp³-hybridized carbons (Fsp3) is 0.533. The highest BCUT2D eigenvalue weighted by Crippen LogP contribution is 2.50. The minimum atomic E-state index is -3.58. The van der Waals surface area contributed by atoms with Crippen LogP contribution in [0.4, 0.5) is 0 Å². The third kappa shape index (κ3) is 2.82. The standard InChI is InChI=1S/C15H19NO4S/c17-14(18)9-13-10-6-7-11(8-10)15(13)16-21(19,20)12-4-2-1-3-5-12/h1-5,10-11,13,15-16H,6-9H2,(H,17,18). The Hall–Kier alpha value is -1.40. The molecule has 2 saturated carbocycles. The molecule has 4 atom stereocenters. The lowest BCUT2D eigenvalue weighted by molar-refractivity contribution is -0.138. The summed E-state index contributed by atoms with van der Waals surface area (Å²) in [7, 11) is -3.58. The molecule has 2 aliphatic rings. The van der Waals surface area contributed by atoms with E-state index in [9.17, 15) is 13.2 Å². The van der Waals surface area contributed by atoms with Crippen LogP contribution in [0.1, 0.15) is 25.7 Å². The molecule has 1 aromatic carbocycles. The van der Waals surface area contributed by atoms with E-state index >= 15 is 0 Å². The Morgan fingerprint density at radius 2 is 1.86 bits per heavy atom. The fourth-order valence-electron chi connectivity index (χ4n) is 3.94. The largest absolute Gasteiger partial charge is 0.481 e. The van der Waals surface area contributed by atoms with Gasteiger partial charge in [0.15, 0.2) is 0 Å². The van der Waals surface area contributed by atoms with Crippen LogP contribution < -0.4 is 4.72 Å². The van der Waals surface area contributed by atoms with Gasteiger partial charge in [0.1, 0.15) is 0 Å².